The van der Waals surface area contributed by atoms with Gasteiger partial charge in [0.1, 0.15) is 0 Å². The summed E-state index contributed by atoms with van der Waals surface area (Å²) >= 11 is 0. The van der Waals surface area contributed by atoms with Crippen LogP contribution >= 0.6 is 0 Å². The van der Waals surface area contributed by atoms with Crippen LogP contribution in [-0.4, -0.2) is 25.8 Å². The normalized spacial score (nSPS) is 19.1. The van der Waals surface area contributed by atoms with Gasteiger partial charge in [-0.25, -0.2) is 9.50 Å². The lowest BCUT2D eigenvalue weighted by atomic mass is 9.87. The van der Waals surface area contributed by atoms with E-state index in [1.54, 1.807) is 12.3 Å². The number of rotatable bonds is 2. The molecule has 0 fully saturated rings. The molecule has 136 valence electrons. The maximum absolute atomic E-state index is 13.6. The van der Waals surface area contributed by atoms with Gasteiger partial charge in [-0.2, -0.15) is 17.6 Å². The molecule has 4 nitrogen and oxygen atoms in total. The third-order valence-electron chi connectivity index (χ3n) is 4.84. The molecule has 1 unspecified atom stereocenters. The van der Waals surface area contributed by atoms with E-state index in [4.69, 9.17) is 0 Å². The van der Waals surface area contributed by atoms with E-state index >= 15 is 0 Å². The first-order chi connectivity index (χ1) is 12.1. The largest absolute Gasteiger partial charge is 0.394 e. The van der Waals surface area contributed by atoms with Crippen LogP contribution in [0.15, 0.2) is 30.6 Å². The number of alkyl halides is 3. The van der Waals surface area contributed by atoms with E-state index in [1.807, 2.05) is 13.8 Å². The van der Waals surface area contributed by atoms with Gasteiger partial charge in [0.25, 0.3) is 0 Å². The van der Waals surface area contributed by atoms with Crippen LogP contribution in [0.25, 0.3) is 5.65 Å². The van der Waals surface area contributed by atoms with Crippen LogP contribution in [0.5, 0.6) is 0 Å². The molecule has 0 radical (unpaired) electrons. The van der Waals surface area contributed by atoms with Gasteiger partial charge in [0.05, 0.1) is 12.1 Å². The van der Waals surface area contributed by atoms with Crippen molar-refractivity contribution in [3.05, 3.63) is 59.1 Å². The summed E-state index contributed by atoms with van der Waals surface area (Å²) < 4.78 is 52.6. The highest BCUT2D eigenvalue weighted by molar-refractivity contribution is 5.49. The molecule has 26 heavy (non-hydrogen) atoms. The molecular weight excluding hydrogens is 348 g/mol. The van der Waals surface area contributed by atoms with Gasteiger partial charge >= 0.3 is 6.18 Å². The lowest BCUT2D eigenvalue weighted by Gasteiger charge is -2.19. The van der Waals surface area contributed by atoms with Crippen molar-refractivity contribution in [1.29, 1.82) is 0 Å². The van der Waals surface area contributed by atoms with Crippen molar-refractivity contribution in [1.82, 2.24) is 19.6 Å². The first-order valence-electron chi connectivity index (χ1n) is 8.20. The standard InChI is InChI=1S/C18H16F4N4/c1-17(2)7-12(10-3-4-11(23-8-10)6-18(20,21)22)13-9-24-15-5-14(19)25-26(15)16(13)17/h3-5,8-9,12H,6-7H2,1-2H3. The zero-order chi connectivity index (χ0) is 18.7. The summed E-state index contributed by atoms with van der Waals surface area (Å²) in [5.74, 6) is -0.667. The SMILES string of the molecule is CC1(C)CC(c2ccc(CC(F)(F)F)nc2)c2cnc3cc(F)nn3c21. The molecule has 0 spiro atoms. The molecule has 0 saturated heterocycles. The van der Waals surface area contributed by atoms with Crippen LogP contribution in [0.2, 0.25) is 0 Å². The molecule has 0 aliphatic heterocycles. The van der Waals surface area contributed by atoms with Crippen molar-refractivity contribution in [2.45, 2.75) is 44.2 Å². The predicted molar refractivity (Wildman–Crippen MR) is 86.4 cm³/mol. The summed E-state index contributed by atoms with van der Waals surface area (Å²) in [6.07, 6.45) is -1.42. The molecule has 3 heterocycles. The molecule has 8 heteroatoms. The third-order valence-corrected chi connectivity index (χ3v) is 4.84. The summed E-state index contributed by atoms with van der Waals surface area (Å²) in [6.45, 7) is 4.08. The van der Waals surface area contributed by atoms with Crippen LogP contribution in [0.3, 0.4) is 0 Å². The van der Waals surface area contributed by atoms with E-state index in [9.17, 15) is 17.6 Å². The monoisotopic (exact) mass is 364 g/mol. The highest BCUT2D eigenvalue weighted by Crippen LogP contribution is 2.48. The Bertz CT molecular complexity index is 973. The Morgan fingerprint density at radius 2 is 1.96 bits per heavy atom. The fourth-order valence-corrected chi connectivity index (χ4v) is 3.82. The smallest absolute Gasteiger partial charge is 0.261 e. The number of aromatic nitrogens is 4. The van der Waals surface area contributed by atoms with E-state index in [0.717, 1.165) is 16.8 Å². The highest BCUT2D eigenvalue weighted by atomic mass is 19.4. The Morgan fingerprint density at radius 3 is 2.62 bits per heavy atom. The zero-order valence-electron chi connectivity index (χ0n) is 14.2. The van der Waals surface area contributed by atoms with Crippen LogP contribution in [0.4, 0.5) is 17.6 Å². The number of pyridine rings is 1. The zero-order valence-corrected chi connectivity index (χ0v) is 14.2. The highest BCUT2D eigenvalue weighted by Gasteiger charge is 2.41. The van der Waals surface area contributed by atoms with Crippen LogP contribution in [-0.2, 0) is 11.8 Å². The molecule has 0 amide bonds. The van der Waals surface area contributed by atoms with E-state index in [2.05, 4.69) is 15.1 Å². The van der Waals surface area contributed by atoms with E-state index in [1.165, 1.54) is 22.8 Å². The number of halogens is 4. The predicted octanol–water partition coefficient (Wildman–Crippen LogP) is 4.18. The van der Waals surface area contributed by atoms with Crippen molar-refractivity contribution in [2.24, 2.45) is 0 Å². The summed E-state index contributed by atoms with van der Waals surface area (Å²) in [5.41, 5.74) is 2.72. The van der Waals surface area contributed by atoms with E-state index in [-0.39, 0.29) is 17.0 Å². The Kier molecular flexibility index (Phi) is 3.58. The van der Waals surface area contributed by atoms with Crippen molar-refractivity contribution >= 4 is 5.65 Å². The van der Waals surface area contributed by atoms with Crippen molar-refractivity contribution in [3.63, 3.8) is 0 Å². The third kappa shape index (κ3) is 2.83. The number of hydrogen-bond acceptors (Lipinski definition) is 3. The van der Waals surface area contributed by atoms with Gasteiger partial charge in [0.15, 0.2) is 5.65 Å². The summed E-state index contributed by atoms with van der Waals surface area (Å²) in [6, 6.07) is 4.36. The average molecular weight is 364 g/mol. The molecule has 0 aromatic carbocycles. The van der Waals surface area contributed by atoms with Crippen molar-refractivity contribution in [3.8, 4) is 0 Å². The Hall–Kier alpha value is -2.51. The number of hydrogen-bond donors (Lipinski definition) is 0. The molecule has 0 N–H and O–H groups in total. The topological polar surface area (TPSA) is 43.1 Å². The Balaban J connectivity index is 1.75. The fourth-order valence-electron chi connectivity index (χ4n) is 3.82. The van der Waals surface area contributed by atoms with Gasteiger partial charge in [0.2, 0.25) is 5.95 Å². The average Bonchev–Trinajstić information content (AvgIpc) is 3.03. The summed E-state index contributed by atoms with van der Waals surface area (Å²) in [4.78, 5) is 8.25. The molecule has 3 aromatic heterocycles. The summed E-state index contributed by atoms with van der Waals surface area (Å²) in [5, 5.41) is 3.91. The first kappa shape index (κ1) is 16.9. The Morgan fingerprint density at radius 1 is 1.19 bits per heavy atom. The first-order valence-corrected chi connectivity index (χ1v) is 8.20. The minimum Gasteiger partial charge on any atom is -0.261 e. The molecule has 4 rings (SSSR count). The van der Waals surface area contributed by atoms with Gasteiger partial charge in [-0.15, -0.1) is 5.10 Å². The molecule has 1 aliphatic carbocycles. The lowest BCUT2D eigenvalue weighted by Crippen LogP contribution is -2.17. The lowest BCUT2D eigenvalue weighted by molar-refractivity contribution is -0.127. The summed E-state index contributed by atoms with van der Waals surface area (Å²) in [7, 11) is 0. The molecule has 1 atom stereocenters. The van der Waals surface area contributed by atoms with Crippen LogP contribution in [0.1, 0.15) is 48.7 Å². The van der Waals surface area contributed by atoms with E-state index in [0.29, 0.717) is 12.1 Å². The van der Waals surface area contributed by atoms with E-state index < -0.39 is 18.5 Å². The number of nitrogens with zero attached hydrogens (tertiary/aromatic N) is 4. The van der Waals surface area contributed by atoms with Crippen molar-refractivity contribution < 1.29 is 17.6 Å². The minimum atomic E-state index is -4.28. The van der Waals surface area contributed by atoms with Gasteiger partial charge in [-0.05, 0) is 18.1 Å². The maximum Gasteiger partial charge on any atom is 0.394 e. The molecular formula is C18H16F4N4. The molecule has 0 bridgehead atoms. The maximum atomic E-state index is 13.6. The number of fused-ring (bicyclic) bond motifs is 3. The second kappa shape index (κ2) is 5.49. The van der Waals surface area contributed by atoms with Crippen LogP contribution < -0.4 is 0 Å². The second-order valence-electron chi connectivity index (χ2n) is 7.31. The fraction of sp³-hybridized carbons (Fsp3) is 0.389. The van der Waals surface area contributed by atoms with Crippen molar-refractivity contribution in [2.75, 3.05) is 0 Å². The second-order valence-corrected chi connectivity index (χ2v) is 7.31. The van der Waals surface area contributed by atoms with Gasteiger partial charge in [0, 0.05) is 41.1 Å². The molecule has 1 aliphatic rings. The quantitative estimate of drug-likeness (QED) is 0.641. The van der Waals surface area contributed by atoms with Gasteiger partial charge in [-0.1, -0.05) is 19.9 Å². The Labute approximate surface area is 146 Å². The minimum absolute atomic E-state index is 0.0125. The van der Waals surface area contributed by atoms with Gasteiger partial charge < -0.3 is 0 Å². The molecule has 3 aromatic rings. The molecule has 0 saturated carbocycles. The van der Waals surface area contributed by atoms with Crippen LogP contribution in [0, 0.1) is 5.95 Å². The van der Waals surface area contributed by atoms with Gasteiger partial charge in [-0.3, -0.25) is 4.98 Å².